The van der Waals surface area contributed by atoms with E-state index in [1.54, 1.807) is 0 Å². The minimum Gasteiger partial charge on any atom is -0.380 e. The van der Waals surface area contributed by atoms with Crippen molar-refractivity contribution in [3.8, 4) is 10.8 Å². The Hall–Kier alpha value is 0. The van der Waals surface area contributed by atoms with Gasteiger partial charge in [0.25, 0.3) is 0 Å². The predicted octanol–water partition coefficient (Wildman–Crippen LogP) is 2.28. The van der Waals surface area contributed by atoms with Gasteiger partial charge >= 0.3 is 0 Å². The fourth-order valence-electron chi connectivity index (χ4n) is 1.62. The summed E-state index contributed by atoms with van der Waals surface area (Å²) >= 11 is 3.00. The first-order valence-electron chi connectivity index (χ1n) is 4.14. The molecule has 1 unspecified atom stereocenters. The summed E-state index contributed by atoms with van der Waals surface area (Å²) in [5.41, 5.74) is 0. The summed E-state index contributed by atoms with van der Waals surface area (Å²) in [6.45, 7) is 0. The monoisotopic (exact) mass is 216 g/mol. The summed E-state index contributed by atoms with van der Waals surface area (Å²) < 4.78 is 0. The second kappa shape index (κ2) is 4.79. The Balaban J connectivity index is 2.36. The van der Waals surface area contributed by atoms with E-state index in [0.717, 1.165) is 12.8 Å². The molecular formula is C9H13BrO. The number of halogens is 1. The molecule has 1 nitrogen and oxygen atoms in total. The molecule has 1 fully saturated rings. The molecule has 1 aliphatic carbocycles. The summed E-state index contributed by atoms with van der Waals surface area (Å²) in [6, 6.07) is 0. The highest BCUT2D eigenvalue weighted by atomic mass is 79.9. The van der Waals surface area contributed by atoms with E-state index in [2.05, 4.69) is 26.7 Å². The van der Waals surface area contributed by atoms with E-state index in [0.29, 0.717) is 5.92 Å². The van der Waals surface area contributed by atoms with Gasteiger partial charge in [0.1, 0.15) is 6.10 Å². The molecule has 0 amide bonds. The van der Waals surface area contributed by atoms with Gasteiger partial charge in [-0.25, -0.2) is 0 Å². The Labute approximate surface area is 76.3 Å². The van der Waals surface area contributed by atoms with Gasteiger partial charge in [0, 0.05) is 15.9 Å². The van der Waals surface area contributed by atoms with E-state index in [4.69, 9.17) is 0 Å². The maximum atomic E-state index is 9.47. The van der Waals surface area contributed by atoms with Crippen molar-refractivity contribution in [3.05, 3.63) is 0 Å². The summed E-state index contributed by atoms with van der Waals surface area (Å²) in [6.07, 6.45) is 5.71. The third kappa shape index (κ3) is 2.84. The Morgan fingerprint density at radius 3 is 2.45 bits per heavy atom. The first-order chi connectivity index (χ1) is 5.34. The van der Waals surface area contributed by atoms with Gasteiger partial charge in [0.15, 0.2) is 0 Å². The highest BCUT2D eigenvalue weighted by Crippen LogP contribution is 2.26. The zero-order valence-electron chi connectivity index (χ0n) is 6.52. The molecule has 0 heterocycles. The lowest BCUT2D eigenvalue weighted by Crippen LogP contribution is -2.20. The summed E-state index contributed by atoms with van der Waals surface area (Å²) in [5.74, 6) is 3.16. The van der Waals surface area contributed by atoms with Crippen LogP contribution in [0.4, 0.5) is 0 Å². The van der Waals surface area contributed by atoms with Crippen LogP contribution in [0.2, 0.25) is 0 Å². The molecule has 0 aromatic rings. The fourth-order valence-corrected chi connectivity index (χ4v) is 1.86. The number of rotatable bonds is 1. The van der Waals surface area contributed by atoms with E-state index >= 15 is 0 Å². The average molecular weight is 217 g/mol. The third-order valence-electron chi connectivity index (χ3n) is 2.30. The molecule has 0 aromatic heterocycles. The summed E-state index contributed by atoms with van der Waals surface area (Å²) in [7, 11) is 0. The average Bonchev–Trinajstić information content (AvgIpc) is 2.07. The zero-order chi connectivity index (χ0) is 8.10. The first-order valence-corrected chi connectivity index (χ1v) is 4.93. The molecule has 1 rings (SSSR count). The van der Waals surface area contributed by atoms with Gasteiger partial charge in [0.05, 0.1) is 0 Å². The van der Waals surface area contributed by atoms with Crippen LogP contribution < -0.4 is 0 Å². The Bertz CT molecular complexity index is 162. The third-order valence-corrected chi connectivity index (χ3v) is 2.53. The topological polar surface area (TPSA) is 20.2 Å². The molecule has 0 aromatic carbocycles. The van der Waals surface area contributed by atoms with Crippen LogP contribution in [0.15, 0.2) is 0 Å². The summed E-state index contributed by atoms with van der Waals surface area (Å²) in [5, 5.41) is 9.47. The second-order valence-electron chi connectivity index (χ2n) is 3.08. The van der Waals surface area contributed by atoms with Gasteiger partial charge in [-0.15, -0.1) is 0 Å². The molecule has 1 N–H and O–H groups in total. The lowest BCUT2D eigenvalue weighted by molar-refractivity contribution is 0.133. The Morgan fingerprint density at radius 1 is 1.27 bits per heavy atom. The minimum absolute atomic E-state index is 0.408. The van der Waals surface area contributed by atoms with E-state index in [-0.39, 0.29) is 0 Å². The van der Waals surface area contributed by atoms with Gasteiger partial charge in [-0.05, 0) is 23.6 Å². The van der Waals surface area contributed by atoms with Crippen molar-refractivity contribution in [2.75, 3.05) is 0 Å². The Kier molecular flexibility index (Phi) is 3.96. The fraction of sp³-hybridized carbons (Fsp3) is 0.778. The highest BCUT2D eigenvalue weighted by molar-refractivity contribution is 9.12. The molecule has 2 heteroatoms. The maximum absolute atomic E-state index is 9.47. The minimum atomic E-state index is -0.408. The molecule has 11 heavy (non-hydrogen) atoms. The molecule has 1 atom stereocenters. The van der Waals surface area contributed by atoms with Crippen molar-refractivity contribution in [2.24, 2.45) is 5.92 Å². The molecule has 0 aliphatic heterocycles. The number of hydrogen-bond donors (Lipinski definition) is 1. The number of aliphatic hydroxyl groups excluding tert-OH is 1. The molecule has 62 valence electrons. The largest absolute Gasteiger partial charge is 0.380 e. The van der Waals surface area contributed by atoms with Crippen LogP contribution >= 0.6 is 15.9 Å². The van der Waals surface area contributed by atoms with Crippen LogP contribution in [-0.4, -0.2) is 11.2 Å². The molecular weight excluding hydrogens is 204 g/mol. The smallest absolute Gasteiger partial charge is 0.118 e. The second-order valence-corrected chi connectivity index (χ2v) is 3.48. The zero-order valence-corrected chi connectivity index (χ0v) is 8.10. The summed E-state index contributed by atoms with van der Waals surface area (Å²) in [4.78, 5) is 2.58. The standard InChI is InChI=1S/C9H13BrO/c10-7-6-9(11)8-4-2-1-3-5-8/h8-9,11H,1-5H2. The van der Waals surface area contributed by atoms with E-state index in [1.165, 1.54) is 19.3 Å². The van der Waals surface area contributed by atoms with Gasteiger partial charge in [-0.3, -0.25) is 0 Å². The highest BCUT2D eigenvalue weighted by Gasteiger charge is 2.19. The van der Waals surface area contributed by atoms with Crippen molar-refractivity contribution in [1.82, 2.24) is 0 Å². The normalized spacial score (nSPS) is 22.0. The SMILES string of the molecule is OC(C#CBr)C1CCCCC1. The van der Waals surface area contributed by atoms with Crippen molar-refractivity contribution in [1.29, 1.82) is 0 Å². The predicted molar refractivity (Wildman–Crippen MR) is 49.3 cm³/mol. The van der Waals surface area contributed by atoms with E-state index in [1.807, 2.05) is 0 Å². The van der Waals surface area contributed by atoms with Crippen LogP contribution in [0.3, 0.4) is 0 Å². The first kappa shape index (κ1) is 9.09. The number of hydrogen-bond acceptors (Lipinski definition) is 1. The van der Waals surface area contributed by atoms with Gasteiger partial charge in [-0.2, -0.15) is 0 Å². The van der Waals surface area contributed by atoms with Crippen molar-refractivity contribution in [3.63, 3.8) is 0 Å². The maximum Gasteiger partial charge on any atom is 0.118 e. The van der Waals surface area contributed by atoms with Crippen LogP contribution in [0.5, 0.6) is 0 Å². The molecule has 0 spiro atoms. The van der Waals surface area contributed by atoms with Gasteiger partial charge in [0.2, 0.25) is 0 Å². The lowest BCUT2D eigenvalue weighted by atomic mass is 9.86. The Morgan fingerprint density at radius 2 is 1.91 bits per heavy atom. The molecule has 0 radical (unpaired) electrons. The molecule has 0 bridgehead atoms. The van der Waals surface area contributed by atoms with Crippen molar-refractivity contribution >= 4 is 15.9 Å². The van der Waals surface area contributed by atoms with Crippen LogP contribution in [0, 0.1) is 16.7 Å². The quantitative estimate of drug-likeness (QED) is 0.668. The van der Waals surface area contributed by atoms with Gasteiger partial charge < -0.3 is 5.11 Å². The molecule has 1 saturated carbocycles. The van der Waals surface area contributed by atoms with E-state index in [9.17, 15) is 5.11 Å². The molecule has 0 saturated heterocycles. The number of aliphatic hydroxyl groups is 1. The van der Waals surface area contributed by atoms with E-state index < -0.39 is 6.10 Å². The van der Waals surface area contributed by atoms with Crippen LogP contribution in [-0.2, 0) is 0 Å². The van der Waals surface area contributed by atoms with Gasteiger partial charge in [-0.1, -0.05) is 25.2 Å². The van der Waals surface area contributed by atoms with Crippen LogP contribution in [0.1, 0.15) is 32.1 Å². The van der Waals surface area contributed by atoms with Crippen LogP contribution in [0.25, 0.3) is 0 Å². The van der Waals surface area contributed by atoms with Crippen molar-refractivity contribution < 1.29 is 5.11 Å². The lowest BCUT2D eigenvalue weighted by Gasteiger charge is -2.22. The molecule has 1 aliphatic rings. The van der Waals surface area contributed by atoms with Crippen molar-refractivity contribution in [2.45, 2.75) is 38.2 Å².